The number of nitrogens with one attached hydrogen (secondary N) is 1. The van der Waals surface area contributed by atoms with E-state index in [-0.39, 0.29) is 12.5 Å². The smallest absolute Gasteiger partial charge is 0.252 e. The van der Waals surface area contributed by atoms with Crippen LogP contribution in [-0.2, 0) is 6.54 Å². The molecule has 0 aliphatic heterocycles. The van der Waals surface area contributed by atoms with Gasteiger partial charge in [0.1, 0.15) is 12.0 Å². The molecule has 0 fully saturated rings. The summed E-state index contributed by atoms with van der Waals surface area (Å²) in [5.74, 6) is 5.53. The fourth-order valence-corrected chi connectivity index (χ4v) is 1.76. The van der Waals surface area contributed by atoms with Gasteiger partial charge >= 0.3 is 0 Å². The molecule has 5 heteroatoms. The summed E-state index contributed by atoms with van der Waals surface area (Å²) in [4.78, 5) is 12.3. The van der Waals surface area contributed by atoms with Gasteiger partial charge in [0.2, 0.25) is 0 Å². The summed E-state index contributed by atoms with van der Waals surface area (Å²) in [7, 11) is 0. The van der Waals surface area contributed by atoms with Gasteiger partial charge in [-0.05, 0) is 19.1 Å². The van der Waals surface area contributed by atoms with Crippen LogP contribution in [0.4, 0.5) is 0 Å². The minimum atomic E-state index is -0.213. The number of aliphatic hydroxyl groups is 1. The molecule has 21 heavy (non-hydrogen) atoms. The Balaban J connectivity index is 2.15. The molecule has 0 saturated heterocycles. The Hall–Kier alpha value is -2.58. The highest BCUT2D eigenvalue weighted by atomic mass is 16.5. The quantitative estimate of drug-likeness (QED) is 0.837. The first-order chi connectivity index (χ1) is 10.2. The lowest BCUT2D eigenvalue weighted by atomic mass is 10.0. The molecule has 1 heterocycles. The molecule has 1 amide bonds. The predicted molar refractivity (Wildman–Crippen MR) is 77.4 cm³/mol. The van der Waals surface area contributed by atoms with Gasteiger partial charge in [0.25, 0.3) is 5.91 Å². The van der Waals surface area contributed by atoms with Crippen molar-refractivity contribution in [3.05, 3.63) is 52.9 Å². The third-order valence-electron chi connectivity index (χ3n) is 2.80. The maximum absolute atomic E-state index is 12.3. The van der Waals surface area contributed by atoms with E-state index in [0.29, 0.717) is 29.8 Å². The average Bonchev–Trinajstić information content (AvgIpc) is 3.00. The van der Waals surface area contributed by atoms with Crippen molar-refractivity contribution in [2.24, 2.45) is 0 Å². The molecule has 1 aromatic carbocycles. The van der Waals surface area contributed by atoms with E-state index >= 15 is 0 Å². The van der Waals surface area contributed by atoms with Crippen LogP contribution in [0, 0.1) is 18.8 Å². The number of aliphatic hydroxyl groups excluding tert-OH is 1. The summed E-state index contributed by atoms with van der Waals surface area (Å²) in [6.45, 7) is 2.22. The van der Waals surface area contributed by atoms with Crippen LogP contribution in [-0.4, -0.2) is 22.8 Å². The van der Waals surface area contributed by atoms with Gasteiger partial charge in [-0.2, -0.15) is 0 Å². The molecule has 0 spiro atoms. The van der Waals surface area contributed by atoms with Crippen molar-refractivity contribution in [3.63, 3.8) is 0 Å². The van der Waals surface area contributed by atoms with Crippen LogP contribution in [0.5, 0.6) is 0 Å². The number of carbonyl (C=O) groups is 1. The molecule has 2 N–H and O–H groups in total. The number of aryl methyl sites for hydroxylation is 1. The number of aromatic nitrogens is 1. The first-order valence-electron chi connectivity index (χ1n) is 6.58. The Bertz CT molecular complexity index is 667. The van der Waals surface area contributed by atoms with Gasteiger partial charge in [0, 0.05) is 18.1 Å². The molecule has 1 aromatic heterocycles. The van der Waals surface area contributed by atoms with Crippen LogP contribution < -0.4 is 5.32 Å². The standard InChI is InChI=1S/C16H16N2O3/c1-12-5-6-13(4-2-3-8-19)15(10-12)16(20)17-11-14-7-9-21-18-14/h5-7,9-10,19H,3,8,11H2,1H3,(H,17,20). The molecule has 0 bridgehead atoms. The van der Waals surface area contributed by atoms with Crippen LogP contribution in [0.3, 0.4) is 0 Å². The van der Waals surface area contributed by atoms with Crippen LogP contribution >= 0.6 is 0 Å². The number of nitrogens with zero attached hydrogens (tertiary/aromatic N) is 1. The number of carbonyl (C=O) groups excluding carboxylic acids is 1. The lowest BCUT2D eigenvalue weighted by Crippen LogP contribution is -2.24. The normalized spacial score (nSPS) is 9.81. The Morgan fingerprint density at radius 2 is 2.29 bits per heavy atom. The van der Waals surface area contributed by atoms with Crippen LogP contribution in [0.2, 0.25) is 0 Å². The molecule has 0 radical (unpaired) electrons. The summed E-state index contributed by atoms with van der Waals surface area (Å²) in [6, 6.07) is 7.20. The van der Waals surface area contributed by atoms with Crippen LogP contribution in [0.15, 0.2) is 35.1 Å². The Kier molecular flexibility index (Phi) is 5.13. The van der Waals surface area contributed by atoms with E-state index in [2.05, 4.69) is 22.3 Å². The van der Waals surface area contributed by atoms with E-state index in [1.807, 2.05) is 19.1 Å². The van der Waals surface area contributed by atoms with Crippen LogP contribution in [0.1, 0.15) is 33.6 Å². The molecule has 0 saturated carbocycles. The molecule has 0 unspecified atom stereocenters. The zero-order valence-corrected chi connectivity index (χ0v) is 11.7. The van der Waals surface area contributed by atoms with Gasteiger partial charge < -0.3 is 14.9 Å². The van der Waals surface area contributed by atoms with Gasteiger partial charge in [-0.1, -0.05) is 28.6 Å². The van der Waals surface area contributed by atoms with Crippen molar-refractivity contribution < 1.29 is 14.4 Å². The molecule has 0 atom stereocenters. The number of rotatable bonds is 4. The fourth-order valence-electron chi connectivity index (χ4n) is 1.76. The zero-order chi connectivity index (χ0) is 15.1. The SMILES string of the molecule is Cc1ccc(C#CCCO)c(C(=O)NCc2ccon2)c1. The van der Waals surface area contributed by atoms with Crippen molar-refractivity contribution in [1.29, 1.82) is 0 Å². The van der Waals surface area contributed by atoms with E-state index in [0.717, 1.165) is 5.56 Å². The van der Waals surface area contributed by atoms with Gasteiger partial charge in [0.05, 0.1) is 18.7 Å². The van der Waals surface area contributed by atoms with E-state index in [9.17, 15) is 4.79 Å². The second-order valence-corrected chi connectivity index (χ2v) is 4.50. The summed E-state index contributed by atoms with van der Waals surface area (Å²) in [5, 5.41) is 15.3. The third kappa shape index (κ3) is 4.20. The van der Waals surface area contributed by atoms with E-state index < -0.39 is 0 Å². The minimum Gasteiger partial charge on any atom is -0.395 e. The summed E-state index contributed by atoms with van der Waals surface area (Å²) in [6.07, 6.45) is 1.84. The van der Waals surface area contributed by atoms with E-state index in [4.69, 9.17) is 9.63 Å². The summed E-state index contributed by atoms with van der Waals surface area (Å²) in [5.41, 5.74) is 2.80. The molecule has 2 rings (SSSR count). The van der Waals surface area contributed by atoms with E-state index in [1.165, 1.54) is 6.26 Å². The number of benzene rings is 1. The molecular weight excluding hydrogens is 268 g/mol. The highest BCUT2D eigenvalue weighted by Crippen LogP contribution is 2.11. The first-order valence-corrected chi connectivity index (χ1v) is 6.58. The van der Waals surface area contributed by atoms with Crippen LogP contribution in [0.25, 0.3) is 0 Å². The maximum Gasteiger partial charge on any atom is 0.252 e. The number of hydrogen-bond acceptors (Lipinski definition) is 4. The van der Waals surface area contributed by atoms with Gasteiger partial charge in [-0.25, -0.2) is 0 Å². The van der Waals surface area contributed by atoms with Crippen molar-refractivity contribution in [2.75, 3.05) is 6.61 Å². The Labute approximate surface area is 123 Å². The lowest BCUT2D eigenvalue weighted by molar-refractivity contribution is 0.0949. The maximum atomic E-state index is 12.3. The molecule has 0 aliphatic rings. The first kappa shape index (κ1) is 14.8. The zero-order valence-electron chi connectivity index (χ0n) is 11.7. The largest absolute Gasteiger partial charge is 0.395 e. The second-order valence-electron chi connectivity index (χ2n) is 4.50. The highest BCUT2D eigenvalue weighted by Gasteiger charge is 2.11. The van der Waals surface area contributed by atoms with E-state index in [1.54, 1.807) is 12.1 Å². The van der Waals surface area contributed by atoms with Crippen molar-refractivity contribution in [1.82, 2.24) is 10.5 Å². The van der Waals surface area contributed by atoms with Crippen molar-refractivity contribution >= 4 is 5.91 Å². The van der Waals surface area contributed by atoms with Crippen molar-refractivity contribution in [3.8, 4) is 11.8 Å². The predicted octanol–water partition coefficient (Wildman–Crippen LogP) is 1.65. The fraction of sp³-hybridized carbons (Fsp3) is 0.250. The lowest BCUT2D eigenvalue weighted by Gasteiger charge is -2.06. The average molecular weight is 284 g/mol. The molecule has 0 aliphatic carbocycles. The van der Waals surface area contributed by atoms with Crippen molar-refractivity contribution in [2.45, 2.75) is 19.9 Å². The second kappa shape index (κ2) is 7.27. The molecule has 5 nitrogen and oxygen atoms in total. The highest BCUT2D eigenvalue weighted by molar-refractivity contribution is 5.96. The Morgan fingerprint density at radius 3 is 3.00 bits per heavy atom. The van der Waals surface area contributed by atoms with Gasteiger partial charge in [0.15, 0.2) is 0 Å². The topological polar surface area (TPSA) is 75.4 Å². The third-order valence-corrected chi connectivity index (χ3v) is 2.80. The number of amides is 1. The Morgan fingerprint density at radius 1 is 1.43 bits per heavy atom. The summed E-state index contributed by atoms with van der Waals surface area (Å²) < 4.78 is 4.71. The molecular formula is C16H16N2O3. The number of hydrogen-bond donors (Lipinski definition) is 2. The van der Waals surface area contributed by atoms with Gasteiger partial charge in [-0.3, -0.25) is 4.79 Å². The summed E-state index contributed by atoms with van der Waals surface area (Å²) >= 11 is 0. The minimum absolute atomic E-state index is 0.00650. The molecule has 2 aromatic rings. The van der Waals surface area contributed by atoms with Gasteiger partial charge in [-0.15, -0.1) is 0 Å². The monoisotopic (exact) mass is 284 g/mol. The molecule has 108 valence electrons.